The molecule has 2 heterocycles. The van der Waals surface area contributed by atoms with Gasteiger partial charge < -0.3 is 0 Å². The van der Waals surface area contributed by atoms with Gasteiger partial charge in [0.25, 0.3) is 0 Å². The third-order valence-corrected chi connectivity index (χ3v) is 2.21. The van der Waals surface area contributed by atoms with Gasteiger partial charge in [-0.1, -0.05) is 19.9 Å². The molecule has 0 atom stereocenters. The van der Waals surface area contributed by atoms with Gasteiger partial charge in [-0.15, -0.1) is 0 Å². The van der Waals surface area contributed by atoms with Gasteiger partial charge in [0.05, 0.1) is 5.69 Å². The monoisotopic (exact) mass is 185 g/mol. The summed E-state index contributed by atoms with van der Waals surface area (Å²) in [5.41, 5.74) is 2.36. The highest BCUT2D eigenvalue weighted by molar-refractivity contribution is 5.47. The van der Waals surface area contributed by atoms with Crippen molar-refractivity contribution in [2.45, 2.75) is 19.8 Å². The van der Waals surface area contributed by atoms with Crippen LogP contribution in [0.4, 0.5) is 0 Å². The number of pyridine rings is 1. The summed E-state index contributed by atoms with van der Waals surface area (Å²) in [5, 5.41) is 9.04. The number of imidazole rings is 1. The van der Waals surface area contributed by atoms with Crippen LogP contribution in [0, 0.1) is 11.3 Å². The molecule has 2 rings (SSSR count). The number of hydrogen-bond acceptors (Lipinski definition) is 2. The quantitative estimate of drug-likeness (QED) is 0.684. The van der Waals surface area contributed by atoms with Gasteiger partial charge in [0.1, 0.15) is 17.4 Å². The van der Waals surface area contributed by atoms with Gasteiger partial charge in [0.2, 0.25) is 0 Å². The fourth-order valence-electron chi connectivity index (χ4n) is 1.53. The van der Waals surface area contributed by atoms with Crippen molar-refractivity contribution in [1.29, 1.82) is 5.26 Å². The van der Waals surface area contributed by atoms with Crippen LogP contribution in [0.5, 0.6) is 0 Å². The summed E-state index contributed by atoms with van der Waals surface area (Å²) in [6.07, 6.45) is 1.87. The first kappa shape index (κ1) is 8.76. The molecule has 70 valence electrons. The zero-order valence-electron chi connectivity index (χ0n) is 8.23. The maximum Gasteiger partial charge on any atom is 0.148 e. The SMILES string of the molecule is CC(C)c1nc2ccccn2c1C#N. The van der Waals surface area contributed by atoms with Crippen LogP contribution in [0.2, 0.25) is 0 Å². The number of nitrogens with zero attached hydrogens (tertiary/aromatic N) is 3. The fourth-order valence-corrected chi connectivity index (χ4v) is 1.53. The molecule has 14 heavy (non-hydrogen) atoms. The third-order valence-electron chi connectivity index (χ3n) is 2.21. The molecule has 0 aliphatic heterocycles. The van der Waals surface area contributed by atoms with Crippen molar-refractivity contribution in [3.63, 3.8) is 0 Å². The highest BCUT2D eigenvalue weighted by Crippen LogP contribution is 2.19. The zero-order valence-corrected chi connectivity index (χ0v) is 8.23. The minimum absolute atomic E-state index is 0.282. The second kappa shape index (κ2) is 3.15. The number of hydrogen-bond donors (Lipinski definition) is 0. The van der Waals surface area contributed by atoms with E-state index in [1.54, 1.807) is 0 Å². The van der Waals surface area contributed by atoms with Crippen LogP contribution in [0.15, 0.2) is 24.4 Å². The fraction of sp³-hybridized carbons (Fsp3) is 0.273. The van der Waals surface area contributed by atoms with Gasteiger partial charge in [-0.3, -0.25) is 4.40 Å². The van der Waals surface area contributed by atoms with Crippen LogP contribution in [-0.2, 0) is 0 Å². The largest absolute Gasteiger partial charge is 0.291 e. The molecule has 3 heteroatoms. The Morgan fingerprint density at radius 2 is 2.21 bits per heavy atom. The number of fused-ring (bicyclic) bond motifs is 1. The highest BCUT2D eigenvalue weighted by Gasteiger charge is 2.13. The average Bonchev–Trinajstić information content (AvgIpc) is 2.56. The lowest BCUT2D eigenvalue weighted by atomic mass is 10.1. The van der Waals surface area contributed by atoms with E-state index in [0.717, 1.165) is 11.3 Å². The van der Waals surface area contributed by atoms with Gasteiger partial charge >= 0.3 is 0 Å². The molecule has 0 radical (unpaired) electrons. The molecule has 3 nitrogen and oxygen atoms in total. The summed E-state index contributed by atoms with van der Waals surface area (Å²) in [6, 6.07) is 7.94. The van der Waals surface area contributed by atoms with E-state index in [1.807, 2.05) is 42.6 Å². The second-order valence-corrected chi connectivity index (χ2v) is 3.54. The zero-order chi connectivity index (χ0) is 10.1. The Kier molecular flexibility index (Phi) is 1.97. The number of rotatable bonds is 1. The Balaban J connectivity index is 2.81. The molecule has 0 unspecified atom stereocenters. The highest BCUT2D eigenvalue weighted by atomic mass is 15.0. The summed E-state index contributed by atoms with van der Waals surface area (Å²) in [5.74, 6) is 0.282. The molecule has 0 saturated heterocycles. The van der Waals surface area contributed by atoms with Crippen molar-refractivity contribution < 1.29 is 0 Å². The summed E-state index contributed by atoms with van der Waals surface area (Å²) in [7, 11) is 0. The maximum absolute atomic E-state index is 9.04. The molecule has 2 aromatic heterocycles. The van der Waals surface area contributed by atoms with Crippen molar-refractivity contribution in [3.8, 4) is 6.07 Å². The number of nitriles is 1. The van der Waals surface area contributed by atoms with Crippen LogP contribution in [0.3, 0.4) is 0 Å². The van der Waals surface area contributed by atoms with Gasteiger partial charge in [-0.2, -0.15) is 5.26 Å². The van der Waals surface area contributed by atoms with Crippen molar-refractivity contribution in [2.75, 3.05) is 0 Å². The summed E-state index contributed by atoms with van der Waals surface area (Å²) < 4.78 is 1.83. The summed E-state index contributed by atoms with van der Waals surface area (Å²) in [6.45, 7) is 4.09. The van der Waals surface area contributed by atoms with Crippen LogP contribution < -0.4 is 0 Å². The van der Waals surface area contributed by atoms with E-state index < -0.39 is 0 Å². The predicted octanol–water partition coefficient (Wildman–Crippen LogP) is 2.33. The number of aromatic nitrogens is 2. The Hall–Kier alpha value is -1.82. The lowest BCUT2D eigenvalue weighted by Crippen LogP contribution is -1.93. The van der Waals surface area contributed by atoms with Gasteiger partial charge in [-0.25, -0.2) is 4.98 Å². The van der Waals surface area contributed by atoms with Gasteiger partial charge in [0, 0.05) is 6.20 Å². The molecule has 0 fully saturated rings. The van der Waals surface area contributed by atoms with Crippen LogP contribution >= 0.6 is 0 Å². The molecule has 0 amide bonds. The molecule has 0 aliphatic rings. The third kappa shape index (κ3) is 1.16. The standard InChI is InChI=1S/C11H11N3/c1-8(2)11-9(7-12)14-6-4-3-5-10(14)13-11/h3-6,8H,1-2H3. The van der Waals surface area contributed by atoms with E-state index in [-0.39, 0.29) is 5.92 Å². The van der Waals surface area contributed by atoms with E-state index >= 15 is 0 Å². The van der Waals surface area contributed by atoms with Crippen molar-refractivity contribution in [2.24, 2.45) is 0 Å². The smallest absolute Gasteiger partial charge is 0.148 e. The van der Waals surface area contributed by atoms with Crippen LogP contribution in [0.25, 0.3) is 5.65 Å². The Labute approximate surface area is 82.6 Å². The molecule has 0 saturated carbocycles. The predicted molar refractivity (Wildman–Crippen MR) is 54.0 cm³/mol. The van der Waals surface area contributed by atoms with E-state index in [9.17, 15) is 0 Å². The first-order valence-electron chi connectivity index (χ1n) is 4.61. The normalized spacial score (nSPS) is 10.7. The molecular weight excluding hydrogens is 174 g/mol. The van der Waals surface area contributed by atoms with E-state index in [1.165, 1.54) is 0 Å². The molecule has 2 aromatic rings. The minimum atomic E-state index is 0.282. The van der Waals surface area contributed by atoms with Crippen molar-refractivity contribution in [3.05, 3.63) is 35.8 Å². The minimum Gasteiger partial charge on any atom is -0.291 e. The Morgan fingerprint density at radius 3 is 2.86 bits per heavy atom. The maximum atomic E-state index is 9.04. The van der Waals surface area contributed by atoms with Crippen molar-refractivity contribution in [1.82, 2.24) is 9.38 Å². The topological polar surface area (TPSA) is 41.1 Å². The first-order valence-corrected chi connectivity index (χ1v) is 4.61. The van der Waals surface area contributed by atoms with Crippen molar-refractivity contribution >= 4 is 5.65 Å². The molecule has 0 aliphatic carbocycles. The van der Waals surface area contributed by atoms with Crippen LogP contribution in [0.1, 0.15) is 31.2 Å². The molecule has 0 spiro atoms. The summed E-state index contributed by atoms with van der Waals surface area (Å²) >= 11 is 0. The van der Waals surface area contributed by atoms with Gasteiger partial charge in [-0.05, 0) is 18.1 Å². The Bertz CT molecular complexity index is 503. The molecular formula is C11H11N3. The summed E-state index contributed by atoms with van der Waals surface area (Å²) in [4.78, 5) is 4.42. The second-order valence-electron chi connectivity index (χ2n) is 3.54. The average molecular weight is 185 g/mol. The molecule has 0 bridgehead atoms. The first-order chi connectivity index (χ1) is 6.74. The lowest BCUT2D eigenvalue weighted by Gasteiger charge is -1.98. The van der Waals surface area contributed by atoms with E-state index in [2.05, 4.69) is 11.1 Å². The van der Waals surface area contributed by atoms with Gasteiger partial charge in [0.15, 0.2) is 0 Å². The molecule has 0 aromatic carbocycles. The van der Waals surface area contributed by atoms with Crippen LogP contribution in [-0.4, -0.2) is 9.38 Å². The molecule has 0 N–H and O–H groups in total. The van der Waals surface area contributed by atoms with E-state index in [0.29, 0.717) is 5.69 Å². The lowest BCUT2D eigenvalue weighted by molar-refractivity contribution is 0.829. The Morgan fingerprint density at radius 1 is 1.43 bits per heavy atom. The van der Waals surface area contributed by atoms with E-state index in [4.69, 9.17) is 5.26 Å².